The largest absolute Gasteiger partial charge is 0.388 e. The Balaban J connectivity index is 2.34. The Morgan fingerprint density at radius 1 is 1.22 bits per heavy atom. The summed E-state index contributed by atoms with van der Waals surface area (Å²) in [7, 11) is 0. The molecule has 0 unspecified atom stereocenters. The van der Waals surface area contributed by atoms with E-state index in [2.05, 4.69) is 42.2 Å². The number of thiocarbonyl (C=S) groups is 1. The van der Waals surface area contributed by atoms with E-state index in [4.69, 9.17) is 18.0 Å². The summed E-state index contributed by atoms with van der Waals surface area (Å²) < 4.78 is 1.93. The number of rotatable bonds is 3. The third-order valence-electron chi connectivity index (χ3n) is 2.24. The number of benzene rings is 1. The van der Waals surface area contributed by atoms with Crippen LogP contribution >= 0.6 is 44.1 Å². The highest BCUT2D eigenvalue weighted by atomic mass is 79.9. The number of nitrogens with one attached hydrogen (secondary N) is 1. The van der Waals surface area contributed by atoms with E-state index in [-0.39, 0.29) is 4.99 Å². The number of hydrogen-bond donors (Lipinski definition) is 2. The molecule has 18 heavy (non-hydrogen) atoms. The van der Waals surface area contributed by atoms with E-state index >= 15 is 0 Å². The zero-order valence-corrected chi connectivity index (χ0v) is 13.1. The molecule has 1 heterocycles. The molecule has 2 aromatic rings. The van der Waals surface area contributed by atoms with Crippen molar-refractivity contribution >= 4 is 60.4 Å². The average Bonchev–Trinajstić information content (AvgIpc) is 2.34. The number of para-hydroxylation sites is 1. The van der Waals surface area contributed by atoms with Gasteiger partial charge in [0.05, 0.1) is 11.4 Å². The molecule has 0 fully saturated rings. The van der Waals surface area contributed by atoms with Crippen LogP contribution in [0.5, 0.6) is 0 Å². The summed E-state index contributed by atoms with van der Waals surface area (Å²) in [4.78, 5) is 4.38. The van der Waals surface area contributed by atoms with Crippen LogP contribution < -0.4 is 11.1 Å². The predicted octanol–water partition coefficient (Wildman–Crippen LogP) is 3.98. The highest BCUT2D eigenvalue weighted by Gasteiger charge is 2.06. The lowest BCUT2D eigenvalue weighted by Gasteiger charge is -2.11. The number of aromatic nitrogens is 1. The first-order valence-electron chi connectivity index (χ1n) is 5.05. The molecule has 0 aliphatic heterocycles. The van der Waals surface area contributed by atoms with Crippen molar-refractivity contribution in [1.82, 2.24) is 4.98 Å². The van der Waals surface area contributed by atoms with Gasteiger partial charge in [0.1, 0.15) is 4.99 Å². The van der Waals surface area contributed by atoms with Gasteiger partial charge in [-0.25, -0.2) is 0 Å². The first kappa shape index (κ1) is 13.5. The van der Waals surface area contributed by atoms with Crippen molar-refractivity contribution in [2.45, 2.75) is 0 Å². The lowest BCUT2D eigenvalue weighted by atomic mass is 10.2. The molecule has 0 saturated carbocycles. The normalized spacial score (nSPS) is 10.1. The van der Waals surface area contributed by atoms with Crippen LogP contribution in [0.25, 0.3) is 0 Å². The quantitative estimate of drug-likeness (QED) is 0.783. The molecule has 92 valence electrons. The fourth-order valence-electron chi connectivity index (χ4n) is 1.40. The van der Waals surface area contributed by atoms with Crippen LogP contribution in [-0.4, -0.2) is 9.97 Å². The van der Waals surface area contributed by atoms with Gasteiger partial charge in [0.2, 0.25) is 0 Å². The summed E-state index contributed by atoms with van der Waals surface area (Å²) in [6.45, 7) is 0. The number of pyridine rings is 1. The molecule has 0 spiro atoms. The van der Waals surface area contributed by atoms with Crippen LogP contribution in [0.4, 0.5) is 11.4 Å². The summed E-state index contributed by atoms with van der Waals surface area (Å²) >= 11 is 11.9. The lowest BCUT2D eigenvalue weighted by molar-refractivity contribution is 1.29. The summed E-state index contributed by atoms with van der Waals surface area (Å²) in [5.41, 5.74) is 7.97. The van der Waals surface area contributed by atoms with Crippen LogP contribution in [-0.2, 0) is 0 Å². The van der Waals surface area contributed by atoms with Crippen molar-refractivity contribution in [2.24, 2.45) is 5.73 Å². The number of halogens is 2. The van der Waals surface area contributed by atoms with Crippen LogP contribution in [0.3, 0.4) is 0 Å². The first-order chi connectivity index (χ1) is 8.58. The monoisotopic (exact) mass is 385 g/mol. The van der Waals surface area contributed by atoms with E-state index in [0.29, 0.717) is 5.69 Å². The maximum absolute atomic E-state index is 5.56. The van der Waals surface area contributed by atoms with Gasteiger partial charge >= 0.3 is 0 Å². The first-order valence-corrected chi connectivity index (χ1v) is 7.04. The molecule has 0 amide bonds. The maximum Gasteiger partial charge on any atom is 0.122 e. The van der Waals surface area contributed by atoms with Crippen LogP contribution in [0.2, 0.25) is 0 Å². The van der Waals surface area contributed by atoms with Gasteiger partial charge in [-0.05, 0) is 56.1 Å². The minimum Gasteiger partial charge on any atom is -0.388 e. The second kappa shape index (κ2) is 5.77. The van der Waals surface area contributed by atoms with E-state index in [1.54, 1.807) is 6.20 Å². The van der Waals surface area contributed by atoms with Crippen LogP contribution in [0, 0.1) is 0 Å². The third kappa shape index (κ3) is 3.07. The number of hydrogen-bond acceptors (Lipinski definition) is 3. The fraction of sp³-hybridized carbons (Fsp3) is 0. The molecule has 3 N–H and O–H groups in total. The maximum atomic E-state index is 5.56. The van der Waals surface area contributed by atoms with Gasteiger partial charge in [0.25, 0.3) is 0 Å². The zero-order chi connectivity index (χ0) is 13.1. The Bertz CT molecular complexity index is 581. The molecule has 6 heteroatoms. The van der Waals surface area contributed by atoms with Crippen LogP contribution in [0.15, 0.2) is 45.5 Å². The van der Waals surface area contributed by atoms with Gasteiger partial charge in [0.15, 0.2) is 0 Å². The standard InChI is InChI=1S/C12H9Br2N3S/c13-8-2-1-3-9(14)11(8)17-7-4-5-16-10(6-7)12(15)18/h1-6H,(H2,15,18)(H,16,17). The van der Waals surface area contributed by atoms with E-state index < -0.39 is 0 Å². The number of nitrogens with two attached hydrogens (primary N) is 1. The van der Waals surface area contributed by atoms with Crippen molar-refractivity contribution in [2.75, 3.05) is 5.32 Å². The molecule has 1 aromatic carbocycles. The van der Waals surface area contributed by atoms with Gasteiger partial charge < -0.3 is 11.1 Å². The Hall–Kier alpha value is -0.980. The van der Waals surface area contributed by atoms with Crippen molar-refractivity contribution in [3.8, 4) is 0 Å². The fourth-order valence-corrected chi connectivity index (χ4v) is 2.71. The van der Waals surface area contributed by atoms with E-state index in [1.807, 2.05) is 30.3 Å². The molecule has 2 rings (SSSR count). The molecular formula is C12H9Br2N3S. The molecule has 0 bridgehead atoms. The lowest BCUT2D eigenvalue weighted by Crippen LogP contribution is -2.11. The Labute approximate surface area is 127 Å². The smallest absolute Gasteiger partial charge is 0.122 e. The molecule has 0 aliphatic carbocycles. The summed E-state index contributed by atoms with van der Waals surface area (Å²) in [6.07, 6.45) is 1.67. The van der Waals surface area contributed by atoms with Gasteiger partial charge in [-0.15, -0.1) is 0 Å². The van der Waals surface area contributed by atoms with Crippen molar-refractivity contribution < 1.29 is 0 Å². The molecule has 0 atom stereocenters. The summed E-state index contributed by atoms with van der Waals surface area (Å²) in [5, 5.41) is 3.29. The topological polar surface area (TPSA) is 50.9 Å². The SMILES string of the molecule is NC(=S)c1cc(Nc2c(Br)cccc2Br)ccn1. The van der Waals surface area contributed by atoms with E-state index in [1.165, 1.54) is 0 Å². The third-order valence-corrected chi connectivity index (χ3v) is 3.78. The Kier molecular flexibility index (Phi) is 4.31. The van der Waals surface area contributed by atoms with Crippen LogP contribution in [0.1, 0.15) is 5.69 Å². The molecule has 0 radical (unpaired) electrons. The minimum atomic E-state index is 0.282. The number of anilines is 2. The van der Waals surface area contributed by atoms with Gasteiger partial charge in [0, 0.05) is 20.8 Å². The molecule has 0 aliphatic rings. The second-order valence-electron chi connectivity index (χ2n) is 3.52. The van der Waals surface area contributed by atoms with Gasteiger partial charge in [-0.3, -0.25) is 4.98 Å². The van der Waals surface area contributed by atoms with Gasteiger partial charge in [-0.2, -0.15) is 0 Å². The van der Waals surface area contributed by atoms with Crippen molar-refractivity contribution in [1.29, 1.82) is 0 Å². The Morgan fingerprint density at radius 2 is 1.89 bits per heavy atom. The molecular weight excluding hydrogens is 378 g/mol. The number of nitrogens with zero attached hydrogens (tertiary/aromatic N) is 1. The second-order valence-corrected chi connectivity index (χ2v) is 5.66. The summed E-state index contributed by atoms with van der Waals surface area (Å²) in [6, 6.07) is 9.54. The summed E-state index contributed by atoms with van der Waals surface area (Å²) in [5.74, 6) is 0. The minimum absolute atomic E-state index is 0.282. The average molecular weight is 387 g/mol. The highest BCUT2D eigenvalue weighted by molar-refractivity contribution is 9.11. The van der Waals surface area contributed by atoms with Gasteiger partial charge in [-0.1, -0.05) is 18.3 Å². The van der Waals surface area contributed by atoms with Crippen molar-refractivity contribution in [3.05, 3.63) is 51.2 Å². The van der Waals surface area contributed by atoms with Crippen molar-refractivity contribution in [3.63, 3.8) is 0 Å². The predicted molar refractivity (Wildman–Crippen MR) is 85.2 cm³/mol. The van der Waals surface area contributed by atoms with E-state index in [9.17, 15) is 0 Å². The van der Waals surface area contributed by atoms with E-state index in [0.717, 1.165) is 20.3 Å². The molecule has 3 nitrogen and oxygen atoms in total. The Morgan fingerprint density at radius 3 is 2.50 bits per heavy atom. The molecule has 1 aromatic heterocycles. The molecule has 0 saturated heterocycles. The zero-order valence-electron chi connectivity index (χ0n) is 9.15. The highest BCUT2D eigenvalue weighted by Crippen LogP contribution is 2.33.